The van der Waals surface area contributed by atoms with Crippen molar-refractivity contribution in [3.05, 3.63) is 81.4 Å². The van der Waals surface area contributed by atoms with Crippen molar-refractivity contribution in [1.82, 2.24) is 14.3 Å². The van der Waals surface area contributed by atoms with Gasteiger partial charge in [-0.25, -0.2) is 4.68 Å². The predicted molar refractivity (Wildman–Crippen MR) is 92.4 cm³/mol. The van der Waals surface area contributed by atoms with E-state index in [1.165, 1.54) is 10.6 Å². The summed E-state index contributed by atoms with van der Waals surface area (Å²) in [4.78, 5) is 23.9. The molecular weight excluding hydrogens is 328 g/mol. The fourth-order valence-corrected chi connectivity index (χ4v) is 2.33. The second-order valence-corrected chi connectivity index (χ2v) is 5.76. The van der Waals surface area contributed by atoms with Gasteiger partial charge >= 0.3 is 0 Å². The number of carbonyl (C=O) groups is 1. The van der Waals surface area contributed by atoms with Crippen molar-refractivity contribution in [2.24, 2.45) is 7.05 Å². The summed E-state index contributed by atoms with van der Waals surface area (Å²) < 4.78 is 3.07. The van der Waals surface area contributed by atoms with E-state index in [2.05, 4.69) is 10.4 Å². The molecule has 3 aromatic rings. The predicted octanol–water partition coefficient (Wildman–Crippen LogP) is 2.54. The minimum Gasteiger partial charge on any atom is -0.319 e. The fourth-order valence-electron chi connectivity index (χ4n) is 2.21. The SMILES string of the molecule is Cn1ccc(C(=O)Nc2ccnn2Cc2ccc(Cl)cc2)cc1=O. The molecule has 0 bridgehead atoms. The van der Waals surface area contributed by atoms with Crippen LogP contribution in [0.1, 0.15) is 15.9 Å². The molecule has 1 amide bonds. The van der Waals surface area contributed by atoms with E-state index in [1.54, 1.807) is 48.4 Å². The topological polar surface area (TPSA) is 68.9 Å². The molecule has 0 aliphatic rings. The number of nitrogens with zero attached hydrogens (tertiary/aromatic N) is 3. The van der Waals surface area contributed by atoms with E-state index in [9.17, 15) is 9.59 Å². The molecule has 0 saturated carbocycles. The number of carbonyl (C=O) groups excluding carboxylic acids is 1. The summed E-state index contributed by atoms with van der Waals surface area (Å²) in [6.45, 7) is 0.496. The highest BCUT2D eigenvalue weighted by Gasteiger charge is 2.11. The summed E-state index contributed by atoms with van der Waals surface area (Å²) in [5.74, 6) is 0.196. The number of hydrogen-bond donors (Lipinski definition) is 1. The molecule has 0 unspecified atom stereocenters. The maximum atomic E-state index is 12.3. The molecule has 0 aliphatic carbocycles. The summed E-state index contributed by atoms with van der Waals surface area (Å²) >= 11 is 5.88. The lowest BCUT2D eigenvalue weighted by Gasteiger charge is -2.09. The third-order valence-corrected chi connectivity index (χ3v) is 3.82. The number of hydrogen-bond acceptors (Lipinski definition) is 3. The quantitative estimate of drug-likeness (QED) is 0.792. The van der Waals surface area contributed by atoms with Crippen molar-refractivity contribution in [2.45, 2.75) is 6.54 Å². The van der Waals surface area contributed by atoms with Crippen LogP contribution in [0.4, 0.5) is 5.82 Å². The first-order chi connectivity index (χ1) is 11.5. The number of aryl methyl sites for hydroxylation is 1. The first kappa shape index (κ1) is 16.0. The maximum Gasteiger partial charge on any atom is 0.257 e. The van der Waals surface area contributed by atoms with Crippen LogP contribution >= 0.6 is 11.6 Å². The van der Waals surface area contributed by atoms with Gasteiger partial charge in [0.1, 0.15) is 5.82 Å². The monoisotopic (exact) mass is 342 g/mol. The van der Waals surface area contributed by atoms with Gasteiger partial charge in [0.2, 0.25) is 0 Å². The standard InChI is InChI=1S/C17H15ClN4O2/c1-21-9-7-13(10-16(21)23)17(24)20-15-6-8-19-22(15)11-12-2-4-14(18)5-3-12/h2-10H,11H2,1H3,(H,20,24). The molecule has 0 radical (unpaired) electrons. The van der Waals surface area contributed by atoms with Crippen LogP contribution in [-0.4, -0.2) is 20.3 Å². The number of pyridine rings is 1. The first-order valence-electron chi connectivity index (χ1n) is 7.27. The number of nitrogens with one attached hydrogen (secondary N) is 1. The minimum absolute atomic E-state index is 0.239. The molecule has 0 aliphatic heterocycles. The number of anilines is 1. The van der Waals surface area contributed by atoms with Gasteiger partial charge in [-0.1, -0.05) is 23.7 Å². The van der Waals surface area contributed by atoms with Crippen molar-refractivity contribution in [3.63, 3.8) is 0 Å². The van der Waals surface area contributed by atoms with E-state index in [0.717, 1.165) is 5.56 Å². The van der Waals surface area contributed by atoms with Gasteiger partial charge in [0.05, 0.1) is 12.7 Å². The average molecular weight is 343 g/mol. The highest BCUT2D eigenvalue weighted by atomic mass is 35.5. The number of rotatable bonds is 4. The zero-order valence-corrected chi connectivity index (χ0v) is 13.7. The zero-order chi connectivity index (χ0) is 17.1. The van der Waals surface area contributed by atoms with Gasteiger partial charge in [0.25, 0.3) is 11.5 Å². The van der Waals surface area contributed by atoms with Gasteiger partial charge in [-0.2, -0.15) is 5.10 Å². The summed E-state index contributed by atoms with van der Waals surface area (Å²) in [6, 6.07) is 12.0. The van der Waals surface area contributed by atoms with Crippen molar-refractivity contribution in [1.29, 1.82) is 0 Å². The van der Waals surface area contributed by atoms with E-state index >= 15 is 0 Å². The minimum atomic E-state index is -0.356. The highest BCUT2D eigenvalue weighted by molar-refractivity contribution is 6.30. The maximum absolute atomic E-state index is 12.3. The van der Waals surface area contributed by atoms with E-state index in [-0.39, 0.29) is 11.5 Å². The van der Waals surface area contributed by atoms with Crippen LogP contribution in [-0.2, 0) is 13.6 Å². The fraction of sp³-hybridized carbons (Fsp3) is 0.118. The zero-order valence-electron chi connectivity index (χ0n) is 12.9. The second-order valence-electron chi connectivity index (χ2n) is 5.32. The third-order valence-electron chi connectivity index (χ3n) is 3.57. The van der Waals surface area contributed by atoms with Gasteiger partial charge in [0.15, 0.2) is 0 Å². The van der Waals surface area contributed by atoms with Crippen LogP contribution in [0.25, 0.3) is 0 Å². The van der Waals surface area contributed by atoms with Crippen molar-refractivity contribution >= 4 is 23.3 Å². The number of amides is 1. The Morgan fingerprint density at radius 3 is 2.67 bits per heavy atom. The lowest BCUT2D eigenvalue weighted by Crippen LogP contribution is -2.21. The van der Waals surface area contributed by atoms with Crippen molar-refractivity contribution in [3.8, 4) is 0 Å². The Labute approximate surface area is 143 Å². The van der Waals surface area contributed by atoms with Gasteiger partial charge in [-0.05, 0) is 23.8 Å². The average Bonchev–Trinajstić information content (AvgIpc) is 2.99. The molecular formula is C17H15ClN4O2. The molecule has 2 heterocycles. The molecule has 3 rings (SSSR count). The van der Waals surface area contributed by atoms with Crippen molar-refractivity contribution < 1.29 is 4.79 Å². The van der Waals surface area contributed by atoms with Gasteiger partial charge in [-0.15, -0.1) is 0 Å². The Balaban J connectivity index is 1.77. The number of halogens is 1. The summed E-state index contributed by atoms with van der Waals surface area (Å²) in [7, 11) is 1.63. The van der Waals surface area contributed by atoms with E-state index in [0.29, 0.717) is 22.9 Å². The molecule has 1 N–H and O–H groups in total. The summed E-state index contributed by atoms with van der Waals surface area (Å²) in [6.07, 6.45) is 3.16. The molecule has 6 nitrogen and oxygen atoms in total. The Kier molecular flexibility index (Phi) is 4.48. The Bertz CT molecular complexity index is 928. The van der Waals surface area contributed by atoms with Crippen LogP contribution in [0.2, 0.25) is 5.02 Å². The van der Waals surface area contributed by atoms with E-state index in [4.69, 9.17) is 11.6 Å². The smallest absolute Gasteiger partial charge is 0.257 e. The molecule has 2 aromatic heterocycles. The van der Waals surface area contributed by atoms with Crippen LogP contribution < -0.4 is 10.9 Å². The summed E-state index contributed by atoms with van der Waals surface area (Å²) in [5.41, 5.74) is 1.07. The van der Waals surface area contributed by atoms with E-state index in [1.807, 2.05) is 12.1 Å². The molecule has 0 saturated heterocycles. The largest absolute Gasteiger partial charge is 0.319 e. The van der Waals surface area contributed by atoms with Crippen LogP contribution in [0.15, 0.2) is 59.7 Å². The molecule has 7 heteroatoms. The van der Waals surface area contributed by atoms with Gasteiger partial charge < -0.3 is 9.88 Å². The molecule has 0 spiro atoms. The van der Waals surface area contributed by atoms with Crippen LogP contribution in [0.5, 0.6) is 0 Å². The Morgan fingerprint density at radius 1 is 1.21 bits per heavy atom. The number of aromatic nitrogens is 3. The van der Waals surface area contributed by atoms with Gasteiger partial charge in [0, 0.05) is 36.0 Å². The van der Waals surface area contributed by atoms with Gasteiger partial charge in [-0.3, -0.25) is 9.59 Å². The summed E-state index contributed by atoms with van der Waals surface area (Å²) in [5, 5.41) is 7.65. The Morgan fingerprint density at radius 2 is 1.96 bits per heavy atom. The molecule has 24 heavy (non-hydrogen) atoms. The second kappa shape index (κ2) is 6.72. The highest BCUT2D eigenvalue weighted by Crippen LogP contribution is 2.14. The number of benzene rings is 1. The Hall–Kier alpha value is -2.86. The normalized spacial score (nSPS) is 10.6. The van der Waals surface area contributed by atoms with Crippen LogP contribution in [0, 0.1) is 0 Å². The lowest BCUT2D eigenvalue weighted by molar-refractivity contribution is 0.102. The van der Waals surface area contributed by atoms with Crippen molar-refractivity contribution in [2.75, 3.05) is 5.32 Å². The molecule has 122 valence electrons. The molecule has 0 fully saturated rings. The van der Waals surface area contributed by atoms with Crippen LogP contribution in [0.3, 0.4) is 0 Å². The lowest BCUT2D eigenvalue weighted by atomic mass is 10.2. The third kappa shape index (κ3) is 3.55. The first-order valence-corrected chi connectivity index (χ1v) is 7.65. The van der Waals surface area contributed by atoms with E-state index < -0.39 is 0 Å². The molecule has 0 atom stereocenters. The molecule has 1 aromatic carbocycles.